The molecule has 1 atom stereocenters. The summed E-state index contributed by atoms with van der Waals surface area (Å²) < 4.78 is 0. The van der Waals surface area contributed by atoms with E-state index in [0.29, 0.717) is 11.9 Å². The molecule has 2 aliphatic carbocycles. The van der Waals surface area contributed by atoms with Gasteiger partial charge in [0.05, 0.1) is 5.92 Å². The molecule has 1 unspecified atom stereocenters. The SMILES string of the molecule is O=C(C1CNc2ccccc2C1)N(CC1CC1)C1CC1. The van der Waals surface area contributed by atoms with Crippen LogP contribution in [0.2, 0.25) is 0 Å². The summed E-state index contributed by atoms with van der Waals surface area (Å²) in [6.45, 7) is 1.81. The van der Waals surface area contributed by atoms with Crippen molar-refractivity contribution in [3.8, 4) is 0 Å². The van der Waals surface area contributed by atoms with Crippen LogP contribution in [0.5, 0.6) is 0 Å². The summed E-state index contributed by atoms with van der Waals surface area (Å²) in [6, 6.07) is 8.93. The number of nitrogens with zero attached hydrogens (tertiary/aromatic N) is 1. The maximum Gasteiger partial charge on any atom is 0.228 e. The Kier molecular flexibility index (Phi) is 2.94. The van der Waals surface area contributed by atoms with Crippen LogP contribution in [0.3, 0.4) is 0 Å². The molecular formula is C17H22N2O. The highest BCUT2D eigenvalue weighted by Gasteiger charge is 2.39. The highest BCUT2D eigenvalue weighted by Crippen LogP contribution is 2.36. The fourth-order valence-corrected chi connectivity index (χ4v) is 3.23. The lowest BCUT2D eigenvalue weighted by Crippen LogP contribution is -2.43. The van der Waals surface area contributed by atoms with E-state index in [1.54, 1.807) is 0 Å². The van der Waals surface area contributed by atoms with Gasteiger partial charge in [0.1, 0.15) is 0 Å². The second kappa shape index (κ2) is 4.80. The molecule has 0 radical (unpaired) electrons. The normalized spacial score (nSPS) is 24.7. The number of hydrogen-bond donors (Lipinski definition) is 1. The van der Waals surface area contributed by atoms with Crippen LogP contribution in [0.4, 0.5) is 5.69 Å². The van der Waals surface area contributed by atoms with Crippen LogP contribution in [0.1, 0.15) is 31.2 Å². The average molecular weight is 270 g/mol. The molecule has 0 spiro atoms. The lowest BCUT2D eigenvalue weighted by molar-refractivity contribution is -0.136. The molecule has 2 fully saturated rings. The summed E-state index contributed by atoms with van der Waals surface area (Å²) in [7, 11) is 0. The second-order valence-electron chi connectivity index (χ2n) is 6.60. The molecule has 3 heteroatoms. The molecular weight excluding hydrogens is 248 g/mol. The Morgan fingerprint density at radius 3 is 2.75 bits per heavy atom. The van der Waals surface area contributed by atoms with E-state index in [1.165, 1.54) is 36.9 Å². The first-order valence-corrected chi connectivity index (χ1v) is 7.93. The summed E-state index contributed by atoms with van der Waals surface area (Å²) in [6.07, 6.45) is 5.98. The van der Waals surface area contributed by atoms with Crippen molar-refractivity contribution in [2.45, 2.75) is 38.1 Å². The van der Waals surface area contributed by atoms with E-state index in [1.807, 2.05) is 0 Å². The molecule has 0 saturated heterocycles. The number of nitrogens with one attached hydrogen (secondary N) is 1. The van der Waals surface area contributed by atoms with E-state index in [9.17, 15) is 4.79 Å². The lowest BCUT2D eigenvalue weighted by atomic mass is 9.92. The number of fused-ring (bicyclic) bond motifs is 1. The maximum absolute atomic E-state index is 12.8. The minimum atomic E-state index is 0.129. The molecule has 1 aromatic carbocycles. The van der Waals surface area contributed by atoms with Gasteiger partial charge in [-0.2, -0.15) is 0 Å². The summed E-state index contributed by atoms with van der Waals surface area (Å²) in [5, 5.41) is 3.43. The highest BCUT2D eigenvalue weighted by molar-refractivity contribution is 5.81. The first-order chi connectivity index (χ1) is 9.81. The van der Waals surface area contributed by atoms with E-state index in [-0.39, 0.29) is 5.92 Å². The molecule has 1 aliphatic heterocycles. The molecule has 20 heavy (non-hydrogen) atoms. The Labute approximate surface area is 120 Å². The van der Waals surface area contributed by atoms with Gasteiger partial charge in [-0.25, -0.2) is 0 Å². The van der Waals surface area contributed by atoms with Crippen LogP contribution in [0, 0.1) is 11.8 Å². The van der Waals surface area contributed by atoms with E-state index >= 15 is 0 Å². The third-order valence-corrected chi connectivity index (χ3v) is 4.79. The fraction of sp³-hybridized carbons (Fsp3) is 0.588. The Balaban J connectivity index is 1.48. The monoisotopic (exact) mass is 270 g/mol. The Bertz CT molecular complexity index is 519. The molecule has 4 rings (SSSR count). The van der Waals surface area contributed by atoms with E-state index in [2.05, 4.69) is 34.5 Å². The molecule has 1 amide bonds. The van der Waals surface area contributed by atoms with Crippen molar-refractivity contribution in [1.29, 1.82) is 0 Å². The number of para-hydroxylation sites is 1. The van der Waals surface area contributed by atoms with Crippen LogP contribution < -0.4 is 5.32 Å². The van der Waals surface area contributed by atoms with Crippen LogP contribution >= 0.6 is 0 Å². The van der Waals surface area contributed by atoms with Gasteiger partial charge in [-0.05, 0) is 49.7 Å². The third kappa shape index (κ3) is 2.41. The average Bonchev–Trinajstić information content (AvgIpc) is 3.37. The molecule has 0 bridgehead atoms. The van der Waals surface area contributed by atoms with Crippen molar-refractivity contribution in [3.63, 3.8) is 0 Å². The minimum Gasteiger partial charge on any atom is -0.384 e. The van der Waals surface area contributed by atoms with E-state index in [0.717, 1.165) is 25.4 Å². The zero-order valence-corrected chi connectivity index (χ0v) is 11.8. The third-order valence-electron chi connectivity index (χ3n) is 4.79. The number of anilines is 1. The zero-order chi connectivity index (χ0) is 13.5. The van der Waals surface area contributed by atoms with Crippen molar-refractivity contribution < 1.29 is 4.79 Å². The first-order valence-electron chi connectivity index (χ1n) is 7.93. The van der Waals surface area contributed by atoms with Gasteiger partial charge in [0, 0.05) is 24.8 Å². The second-order valence-corrected chi connectivity index (χ2v) is 6.60. The fourth-order valence-electron chi connectivity index (χ4n) is 3.23. The largest absolute Gasteiger partial charge is 0.384 e. The number of carbonyl (C=O) groups is 1. The van der Waals surface area contributed by atoms with Crippen molar-refractivity contribution >= 4 is 11.6 Å². The van der Waals surface area contributed by atoms with Gasteiger partial charge < -0.3 is 10.2 Å². The van der Waals surface area contributed by atoms with Crippen molar-refractivity contribution in [2.24, 2.45) is 11.8 Å². The van der Waals surface area contributed by atoms with Gasteiger partial charge in [-0.3, -0.25) is 4.79 Å². The van der Waals surface area contributed by atoms with Crippen LogP contribution in [0.25, 0.3) is 0 Å². The number of rotatable bonds is 4. The van der Waals surface area contributed by atoms with Gasteiger partial charge in [0.25, 0.3) is 0 Å². The van der Waals surface area contributed by atoms with E-state index in [4.69, 9.17) is 0 Å². The zero-order valence-electron chi connectivity index (χ0n) is 11.8. The Hall–Kier alpha value is -1.51. The molecule has 3 aliphatic rings. The topological polar surface area (TPSA) is 32.3 Å². The molecule has 1 N–H and O–H groups in total. The molecule has 2 saturated carbocycles. The first kappa shape index (κ1) is 12.2. The van der Waals surface area contributed by atoms with Gasteiger partial charge >= 0.3 is 0 Å². The molecule has 106 valence electrons. The van der Waals surface area contributed by atoms with E-state index < -0.39 is 0 Å². The standard InChI is InChI=1S/C17H22N2O/c20-17(19(15-7-8-15)11-12-5-6-12)14-9-13-3-1-2-4-16(13)18-10-14/h1-4,12,14-15,18H,5-11H2. The summed E-state index contributed by atoms with van der Waals surface area (Å²) in [5.41, 5.74) is 2.50. The molecule has 3 nitrogen and oxygen atoms in total. The van der Waals surface area contributed by atoms with Crippen molar-refractivity contribution in [2.75, 3.05) is 18.4 Å². The highest BCUT2D eigenvalue weighted by atomic mass is 16.2. The van der Waals surface area contributed by atoms with Crippen LogP contribution in [-0.4, -0.2) is 29.9 Å². The summed E-state index contributed by atoms with van der Waals surface area (Å²) in [5.74, 6) is 1.31. The van der Waals surface area contributed by atoms with Gasteiger partial charge in [-0.15, -0.1) is 0 Å². The van der Waals surface area contributed by atoms with Gasteiger partial charge in [0.15, 0.2) is 0 Å². The number of hydrogen-bond acceptors (Lipinski definition) is 2. The minimum absolute atomic E-state index is 0.129. The molecule has 1 heterocycles. The van der Waals surface area contributed by atoms with Crippen LogP contribution in [0.15, 0.2) is 24.3 Å². The quantitative estimate of drug-likeness (QED) is 0.912. The van der Waals surface area contributed by atoms with Crippen molar-refractivity contribution in [1.82, 2.24) is 4.90 Å². The predicted octanol–water partition coefficient (Wildman–Crippen LogP) is 2.67. The van der Waals surface area contributed by atoms with Gasteiger partial charge in [-0.1, -0.05) is 18.2 Å². The Morgan fingerprint density at radius 2 is 2.00 bits per heavy atom. The summed E-state index contributed by atoms with van der Waals surface area (Å²) >= 11 is 0. The lowest BCUT2D eigenvalue weighted by Gasteiger charge is -2.31. The molecule has 1 aromatic rings. The van der Waals surface area contributed by atoms with Gasteiger partial charge in [0.2, 0.25) is 5.91 Å². The summed E-state index contributed by atoms with van der Waals surface area (Å²) in [4.78, 5) is 15.0. The predicted molar refractivity (Wildman–Crippen MR) is 79.6 cm³/mol. The number of amides is 1. The number of carbonyl (C=O) groups excluding carboxylic acids is 1. The maximum atomic E-state index is 12.8. The van der Waals surface area contributed by atoms with Crippen LogP contribution in [-0.2, 0) is 11.2 Å². The molecule has 0 aromatic heterocycles. The van der Waals surface area contributed by atoms with Crippen molar-refractivity contribution in [3.05, 3.63) is 29.8 Å². The number of benzene rings is 1. The Morgan fingerprint density at radius 1 is 1.20 bits per heavy atom. The smallest absolute Gasteiger partial charge is 0.228 e.